The molecule has 9 nitrogen and oxygen atoms in total. The molecule has 3 rings (SSSR count). The average molecular weight is 499 g/mol. The van der Waals surface area contributed by atoms with E-state index in [-0.39, 0.29) is 36.2 Å². The Hall–Kier alpha value is -2.33. The first-order valence-electron chi connectivity index (χ1n) is 11.7. The van der Waals surface area contributed by atoms with Gasteiger partial charge >= 0.3 is 5.97 Å². The molecule has 1 saturated carbocycles. The summed E-state index contributed by atoms with van der Waals surface area (Å²) in [6.07, 6.45) is 2.39. The zero-order valence-electron chi connectivity index (χ0n) is 20.0. The molecule has 0 saturated heterocycles. The molecule has 0 bridgehead atoms. The number of hydrogen-bond donors (Lipinski definition) is 0. The molecule has 1 aliphatic rings. The van der Waals surface area contributed by atoms with Gasteiger partial charge in [0.25, 0.3) is 0 Å². The zero-order chi connectivity index (χ0) is 24.8. The van der Waals surface area contributed by atoms with Crippen LogP contribution in [0, 0.1) is 11.8 Å². The van der Waals surface area contributed by atoms with E-state index in [2.05, 4.69) is 21.9 Å². The molecule has 0 spiro atoms. The smallest absolute Gasteiger partial charge is 0.343 e. The van der Waals surface area contributed by atoms with E-state index >= 15 is 4.39 Å². The number of imidazole rings is 1. The molecule has 11 heteroatoms. The van der Waals surface area contributed by atoms with Gasteiger partial charge in [0.15, 0.2) is 16.9 Å². The van der Waals surface area contributed by atoms with Gasteiger partial charge in [-0.05, 0) is 50.1 Å². The number of carbonyl (C=O) groups is 2. The molecular weight excluding hydrogens is 467 g/mol. The van der Waals surface area contributed by atoms with Crippen molar-refractivity contribution >= 4 is 34.5 Å². The average Bonchev–Trinajstić information content (AvgIpc) is 3.32. The number of rotatable bonds is 12. The third kappa shape index (κ3) is 5.83. The third-order valence-corrected chi connectivity index (χ3v) is 6.38. The minimum atomic E-state index is -1.31. The Morgan fingerprint density at radius 1 is 1.29 bits per heavy atom. The lowest BCUT2D eigenvalue weighted by atomic mass is 9.98. The van der Waals surface area contributed by atoms with Crippen LogP contribution in [0.3, 0.4) is 0 Å². The second kappa shape index (κ2) is 11.9. The van der Waals surface area contributed by atoms with Crippen molar-refractivity contribution in [3.63, 3.8) is 0 Å². The van der Waals surface area contributed by atoms with Crippen LogP contribution in [0.15, 0.2) is 6.33 Å². The first kappa shape index (κ1) is 26.3. The van der Waals surface area contributed by atoms with Crippen molar-refractivity contribution in [2.75, 3.05) is 19.8 Å². The molecule has 34 heavy (non-hydrogen) atoms. The maximum Gasteiger partial charge on any atom is 0.343 e. The zero-order valence-corrected chi connectivity index (χ0v) is 20.8. The number of fused-ring (bicyclic) bond motifs is 1. The van der Waals surface area contributed by atoms with Crippen molar-refractivity contribution in [3.8, 4) is 5.88 Å². The molecule has 2 aromatic rings. The number of hydrogen-bond acceptors (Lipinski definition) is 8. The Balaban J connectivity index is 1.76. The van der Waals surface area contributed by atoms with E-state index in [1.165, 1.54) is 13.3 Å². The van der Waals surface area contributed by atoms with Crippen LogP contribution >= 0.6 is 11.6 Å². The summed E-state index contributed by atoms with van der Waals surface area (Å²) >= 11 is 6.13. The van der Waals surface area contributed by atoms with Gasteiger partial charge < -0.3 is 18.8 Å². The molecule has 2 aromatic heterocycles. The lowest BCUT2D eigenvalue weighted by Crippen LogP contribution is -2.35. The third-order valence-electron chi connectivity index (χ3n) is 6.21. The van der Waals surface area contributed by atoms with E-state index in [1.54, 1.807) is 18.4 Å². The largest absolute Gasteiger partial charge is 0.476 e. The fraction of sp³-hybridized carbons (Fsp3) is 0.696. The van der Waals surface area contributed by atoms with Crippen molar-refractivity contribution < 1.29 is 28.2 Å². The highest BCUT2D eigenvalue weighted by Gasteiger charge is 2.43. The van der Waals surface area contributed by atoms with Crippen LogP contribution in [-0.2, 0) is 19.1 Å². The fourth-order valence-electron chi connectivity index (χ4n) is 4.27. The van der Waals surface area contributed by atoms with Crippen molar-refractivity contribution in [2.45, 2.75) is 71.7 Å². The second-order valence-corrected chi connectivity index (χ2v) is 8.96. The molecule has 0 N–H and O–H groups in total. The van der Waals surface area contributed by atoms with Crippen molar-refractivity contribution in [2.24, 2.45) is 11.8 Å². The van der Waals surface area contributed by atoms with Gasteiger partial charge in [-0.15, -0.1) is 0 Å². The lowest BCUT2D eigenvalue weighted by Gasteiger charge is -2.19. The fourth-order valence-corrected chi connectivity index (χ4v) is 4.43. The number of unbranched alkanes of at least 4 members (excludes halogenated alkanes) is 2. The van der Waals surface area contributed by atoms with E-state index in [4.69, 9.17) is 25.8 Å². The van der Waals surface area contributed by atoms with Gasteiger partial charge in [0.05, 0.1) is 32.2 Å². The summed E-state index contributed by atoms with van der Waals surface area (Å²) < 4.78 is 33.3. The van der Waals surface area contributed by atoms with Gasteiger partial charge in [-0.2, -0.15) is 9.97 Å². The Bertz CT molecular complexity index is 1000. The van der Waals surface area contributed by atoms with Crippen LogP contribution in [0.1, 0.15) is 59.4 Å². The number of aromatic nitrogens is 4. The number of ketones is 1. The summed E-state index contributed by atoms with van der Waals surface area (Å²) in [4.78, 5) is 36.7. The van der Waals surface area contributed by atoms with Gasteiger partial charge in [0.1, 0.15) is 6.17 Å². The lowest BCUT2D eigenvalue weighted by molar-refractivity contribution is -0.161. The summed E-state index contributed by atoms with van der Waals surface area (Å²) in [6, 6.07) is -0.564. The Kier molecular flexibility index (Phi) is 9.18. The Morgan fingerprint density at radius 3 is 2.74 bits per heavy atom. The van der Waals surface area contributed by atoms with E-state index in [0.717, 1.165) is 19.3 Å². The normalized spacial score (nSPS) is 23.2. The summed E-state index contributed by atoms with van der Waals surface area (Å²) in [5, 5.41) is -0.000171. The van der Waals surface area contributed by atoms with Crippen molar-refractivity contribution in [1.29, 1.82) is 0 Å². The molecular formula is C23H32ClFN4O5. The molecule has 1 fully saturated rings. The standard InChI is InChI=1S/C23H32ClFN4O5/c1-5-7-8-9-33-21-18-20(27-23(24)28-21)29(12-26-18)16-10-15(13(3)17(16)25)11-34-19(14(4)30)22(31)32-6-2/h12-13,15-17,19H,5-11H2,1-4H3/t13-,15-,16-,17+,19?/m1/s1. The molecule has 1 aliphatic carbocycles. The van der Waals surface area contributed by atoms with Gasteiger partial charge in [0, 0.05) is 0 Å². The minimum Gasteiger partial charge on any atom is -0.476 e. The van der Waals surface area contributed by atoms with Gasteiger partial charge in [-0.25, -0.2) is 14.2 Å². The first-order chi connectivity index (χ1) is 16.3. The summed E-state index contributed by atoms with van der Waals surface area (Å²) in [5.41, 5.74) is 0.833. The SMILES string of the molecule is CCCCCOc1nc(Cl)nc2c1ncn2[C@@H]1C[C@H](COC(C(C)=O)C(=O)OCC)[C@@H](C)[C@@H]1F. The predicted molar refractivity (Wildman–Crippen MR) is 124 cm³/mol. The van der Waals surface area contributed by atoms with E-state index in [0.29, 0.717) is 24.2 Å². The summed E-state index contributed by atoms with van der Waals surface area (Å²) in [6.45, 7) is 7.48. The topological polar surface area (TPSA) is 105 Å². The highest BCUT2D eigenvalue weighted by Crippen LogP contribution is 2.43. The van der Waals surface area contributed by atoms with E-state index < -0.39 is 30.1 Å². The summed E-state index contributed by atoms with van der Waals surface area (Å²) in [7, 11) is 0. The number of ether oxygens (including phenoxy) is 3. The molecule has 0 aromatic carbocycles. The predicted octanol–water partition coefficient (Wildman–Crippen LogP) is 4.12. The second-order valence-electron chi connectivity index (χ2n) is 8.62. The van der Waals surface area contributed by atoms with Crippen LogP contribution in [0.5, 0.6) is 5.88 Å². The highest BCUT2D eigenvalue weighted by atomic mass is 35.5. The highest BCUT2D eigenvalue weighted by molar-refractivity contribution is 6.28. The maximum absolute atomic E-state index is 15.4. The number of Topliss-reactive ketones (excluding diaryl/α,β-unsaturated/α-hetero) is 1. The van der Waals surface area contributed by atoms with Crippen LogP contribution in [0.25, 0.3) is 11.2 Å². The number of halogens is 2. The molecule has 0 amide bonds. The van der Waals surface area contributed by atoms with Crippen LogP contribution in [0.2, 0.25) is 5.28 Å². The number of alkyl halides is 1. The number of carbonyl (C=O) groups excluding carboxylic acids is 2. The van der Waals surface area contributed by atoms with E-state index in [9.17, 15) is 9.59 Å². The number of nitrogens with zero attached hydrogens (tertiary/aromatic N) is 4. The van der Waals surface area contributed by atoms with Gasteiger partial charge in [-0.1, -0.05) is 26.7 Å². The maximum atomic E-state index is 15.4. The minimum absolute atomic E-state index is 0.000171. The van der Waals surface area contributed by atoms with Crippen LogP contribution in [0.4, 0.5) is 4.39 Å². The van der Waals surface area contributed by atoms with Crippen LogP contribution in [-0.4, -0.2) is 63.4 Å². The number of esters is 1. The monoisotopic (exact) mass is 498 g/mol. The summed E-state index contributed by atoms with van der Waals surface area (Å²) in [5.74, 6) is -1.50. The molecule has 0 aliphatic heterocycles. The van der Waals surface area contributed by atoms with Gasteiger partial charge in [0.2, 0.25) is 17.3 Å². The molecule has 5 atom stereocenters. The van der Waals surface area contributed by atoms with E-state index in [1.807, 2.05) is 0 Å². The van der Waals surface area contributed by atoms with Gasteiger partial charge in [-0.3, -0.25) is 4.79 Å². The quantitative estimate of drug-likeness (QED) is 0.186. The molecule has 188 valence electrons. The van der Waals surface area contributed by atoms with Crippen LogP contribution < -0.4 is 4.74 Å². The molecule has 0 radical (unpaired) electrons. The Labute approximate surface area is 203 Å². The first-order valence-corrected chi connectivity index (χ1v) is 12.1. The Morgan fingerprint density at radius 2 is 2.06 bits per heavy atom. The van der Waals surface area contributed by atoms with Crippen molar-refractivity contribution in [1.82, 2.24) is 19.5 Å². The molecule has 1 unspecified atom stereocenters. The van der Waals surface area contributed by atoms with Crippen molar-refractivity contribution in [3.05, 3.63) is 11.6 Å². The molecule has 2 heterocycles.